The summed E-state index contributed by atoms with van der Waals surface area (Å²) < 4.78 is 11.9. The number of nitro groups is 1. The topological polar surface area (TPSA) is 130 Å². The molecule has 0 saturated heterocycles. The van der Waals surface area contributed by atoms with Gasteiger partial charge in [0.05, 0.1) is 34.4 Å². The lowest BCUT2D eigenvalue weighted by Gasteiger charge is -2.04. The van der Waals surface area contributed by atoms with E-state index in [1.54, 1.807) is 25.1 Å². The Morgan fingerprint density at radius 3 is 2.55 bits per heavy atom. The van der Waals surface area contributed by atoms with Gasteiger partial charge >= 0.3 is 11.9 Å². The zero-order valence-electron chi connectivity index (χ0n) is 17.7. The molecule has 0 radical (unpaired) electrons. The first-order valence-electron chi connectivity index (χ1n) is 9.71. The molecule has 0 fully saturated rings. The number of hydrogen-bond acceptors (Lipinski definition) is 8. The second-order valence-corrected chi connectivity index (χ2v) is 7.59. The third-order valence-electron chi connectivity index (χ3n) is 4.44. The van der Waals surface area contributed by atoms with Crippen LogP contribution in [0.25, 0.3) is 16.3 Å². The summed E-state index contributed by atoms with van der Waals surface area (Å²) in [7, 11) is 1.26. The van der Waals surface area contributed by atoms with Gasteiger partial charge in [0, 0.05) is 18.2 Å². The zero-order chi connectivity index (χ0) is 24.0. The van der Waals surface area contributed by atoms with Crippen molar-refractivity contribution in [2.24, 2.45) is 4.99 Å². The monoisotopic (exact) mass is 469 g/mol. The fourth-order valence-corrected chi connectivity index (χ4v) is 3.93. The van der Waals surface area contributed by atoms with Crippen LogP contribution in [0.1, 0.15) is 22.8 Å². The van der Waals surface area contributed by atoms with Crippen molar-refractivity contribution in [2.75, 3.05) is 13.7 Å². The summed E-state index contributed by atoms with van der Waals surface area (Å²) in [5.74, 6) is -1.60. The third kappa shape index (κ3) is 5.77. The van der Waals surface area contributed by atoms with Crippen molar-refractivity contribution < 1.29 is 28.8 Å². The molecule has 0 aliphatic heterocycles. The summed E-state index contributed by atoms with van der Waals surface area (Å²) in [6.07, 6.45) is 2.70. The van der Waals surface area contributed by atoms with Crippen LogP contribution < -0.4 is 4.80 Å². The molecule has 11 heteroatoms. The van der Waals surface area contributed by atoms with Crippen molar-refractivity contribution in [3.63, 3.8) is 0 Å². The Hall–Kier alpha value is -4.12. The van der Waals surface area contributed by atoms with Crippen LogP contribution in [0.5, 0.6) is 0 Å². The maximum absolute atomic E-state index is 12.4. The molecule has 1 amide bonds. The van der Waals surface area contributed by atoms with E-state index in [9.17, 15) is 24.5 Å². The highest BCUT2D eigenvalue weighted by atomic mass is 32.1. The van der Waals surface area contributed by atoms with Gasteiger partial charge < -0.3 is 14.0 Å². The fraction of sp³-hybridized carbons (Fsp3) is 0.182. The number of amides is 1. The lowest BCUT2D eigenvalue weighted by Crippen LogP contribution is -2.22. The summed E-state index contributed by atoms with van der Waals surface area (Å²) in [5.41, 5.74) is 1.47. The molecule has 0 unspecified atom stereocenters. The lowest BCUT2D eigenvalue weighted by molar-refractivity contribution is -0.384. The molecule has 0 saturated carbocycles. The predicted molar refractivity (Wildman–Crippen MR) is 120 cm³/mol. The number of carbonyl (C=O) groups is 3. The zero-order valence-corrected chi connectivity index (χ0v) is 18.5. The van der Waals surface area contributed by atoms with Gasteiger partial charge in [-0.2, -0.15) is 4.99 Å². The molecular formula is C22H19N3O7S. The Morgan fingerprint density at radius 2 is 1.91 bits per heavy atom. The summed E-state index contributed by atoms with van der Waals surface area (Å²) >= 11 is 1.13. The largest absolute Gasteiger partial charge is 0.468 e. The Balaban J connectivity index is 1.96. The number of methoxy groups -OCH3 is 1. The highest BCUT2D eigenvalue weighted by molar-refractivity contribution is 7.16. The molecule has 0 aliphatic carbocycles. The van der Waals surface area contributed by atoms with E-state index in [-0.39, 0.29) is 23.6 Å². The summed E-state index contributed by atoms with van der Waals surface area (Å²) in [6.45, 7) is 1.77. The van der Waals surface area contributed by atoms with Gasteiger partial charge in [0.1, 0.15) is 6.54 Å². The van der Waals surface area contributed by atoms with E-state index in [2.05, 4.69) is 4.99 Å². The minimum atomic E-state index is -0.593. The number of aromatic nitrogens is 1. The minimum absolute atomic E-state index is 0.0560. The van der Waals surface area contributed by atoms with Gasteiger partial charge in [0.15, 0.2) is 4.80 Å². The van der Waals surface area contributed by atoms with Crippen LogP contribution in [0.15, 0.2) is 53.5 Å². The van der Waals surface area contributed by atoms with E-state index >= 15 is 0 Å². The molecule has 3 rings (SSSR count). The number of benzene rings is 2. The van der Waals surface area contributed by atoms with E-state index in [0.717, 1.165) is 11.3 Å². The van der Waals surface area contributed by atoms with Crippen molar-refractivity contribution in [1.29, 1.82) is 0 Å². The summed E-state index contributed by atoms with van der Waals surface area (Å²) in [6, 6.07) is 10.5. The van der Waals surface area contributed by atoms with Crippen molar-refractivity contribution in [3.05, 3.63) is 74.6 Å². The maximum atomic E-state index is 12.4. The van der Waals surface area contributed by atoms with E-state index in [1.165, 1.54) is 48.1 Å². The number of fused-ring (bicyclic) bond motifs is 1. The SMILES string of the molecule is CCOC(=O)c1ccc2c(c1)sc(=NC(=O)/C=C\c1ccc([N+](=O)[O-])cc1)n2CC(=O)OC. The highest BCUT2D eigenvalue weighted by Gasteiger charge is 2.14. The van der Waals surface area contributed by atoms with E-state index in [4.69, 9.17) is 9.47 Å². The number of non-ortho nitro benzene ring substituents is 1. The standard InChI is InChI=1S/C22H19N3O7S/c1-3-32-21(28)15-7-10-17-18(12-15)33-22(24(17)13-20(27)31-2)23-19(26)11-6-14-4-8-16(9-5-14)25(29)30/h4-12H,3,13H2,1-2H3/b11-6-,23-22?. The van der Waals surface area contributed by atoms with E-state index < -0.39 is 22.8 Å². The first-order chi connectivity index (χ1) is 15.8. The number of nitro benzene ring substituents is 1. The lowest BCUT2D eigenvalue weighted by atomic mass is 10.2. The average molecular weight is 469 g/mol. The van der Waals surface area contributed by atoms with Crippen molar-refractivity contribution >= 4 is 51.2 Å². The Kier molecular flexibility index (Phi) is 7.46. The quantitative estimate of drug-likeness (QED) is 0.225. The number of rotatable bonds is 7. The van der Waals surface area contributed by atoms with Crippen molar-refractivity contribution in [2.45, 2.75) is 13.5 Å². The number of nitrogens with zero attached hydrogens (tertiary/aromatic N) is 3. The molecule has 0 spiro atoms. The van der Waals surface area contributed by atoms with E-state index in [1.807, 2.05) is 0 Å². The Morgan fingerprint density at radius 1 is 1.18 bits per heavy atom. The summed E-state index contributed by atoms with van der Waals surface area (Å²) in [5, 5.41) is 10.7. The maximum Gasteiger partial charge on any atom is 0.338 e. The molecule has 0 bridgehead atoms. The number of hydrogen-bond donors (Lipinski definition) is 0. The third-order valence-corrected chi connectivity index (χ3v) is 5.48. The molecule has 170 valence electrons. The van der Waals surface area contributed by atoms with Gasteiger partial charge in [0.25, 0.3) is 11.6 Å². The second kappa shape index (κ2) is 10.5. The van der Waals surface area contributed by atoms with Gasteiger partial charge in [-0.25, -0.2) is 4.79 Å². The van der Waals surface area contributed by atoms with Gasteiger partial charge in [0.2, 0.25) is 0 Å². The van der Waals surface area contributed by atoms with Crippen LogP contribution in [-0.4, -0.2) is 41.1 Å². The van der Waals surface area contributed by atoms with Crippen LogP contribution >= 0.6 is 11.3 Å². The van der Waals surface area contributed by atoms with Gasteiger partial charge in [-0.15, -0.1) is 0 Å². The molecule has 0 aliphatic rings. The smallest absolute Gasteiger partial charge is 0.338 e. The van der Waals surface area contributed by atoms with Crippen LogP contribution in [0.3, 0.4) is 0 Å². The molecule has 0 atom stereocenters. The number of esters is 2. The molecule has 1 aromatic heterocycles. The Labute approximate surface area is 191 Å². The first kappa shape index (κ1) is 23.5. The van der Waals surface area contributed by atoms with Gasteiger partial charge in [-0.1, -0.05) is 11.3 Å². The van der Waals surface area contributed by atoms with Gasteiger partial charge in [-0.3, -0.25) is 19.7 Å². The molecule has 33 heavy (non-hydrogen) atoms. The summed E-state index contributed by atoms with van der Waals surface area (Å²) in [4.78, 5) is 50.9. The fourth-order valence-electron chi connectivity index (χ4n) is 2.85. The van der Waals surface area contributed by atoms with Crippen molar-refractivity contribution in [3.8, 4) is 0 Å². The minimum Gasteiger partial charge on any atom is -0.468 e. The highest BCUT2D eigenvalue weighted by Crippen LogP contribution is 2.20. The predicted octanol–water partition coefficient (Wildman–Crippen LogP) is 3.10. The molecular weight excluding hydrogens is 450 g/mol. The number of ether oxygens (including phenoxy) is 2. The normalized spacial score (nSPS) is 11.6. The molecule has 3 aromatic rings. The average Bonchev–Trinajstić information content (AvgIpc) is 3.13. The number of carbonyl (C=O) groups excluding carboxylic acids is 3. The second-order valence-electron chi connectivity index (χ2n) is 6.58. The van der Waals surface area contributed by atoms with Crippen LogP contribution in [-0.2, 0) is 25.6 Å². The van der Waals surface area contributed by atoms with Gasteiger partial charge in [-0.05, 0) is 48.9 Å². The van der Waals surface area contributed by atoms with E-state index in [0.29, 0.717) is 21.3 Å². The van der Waals surface area contributed by atoms with Crippen LogP contribution in [0.2, 0.25) is 0 Å². The molecule has 10 nitrogen and oxygen atoms in total. The molecule has 1 heterocycles. The first-order valence-corrected chi connectivity index (χ1v) is 10.5. The number of thiazole rings is 1. The molecule has 2 aromatic carbocycles. The van der Waals surface area contributed by atoms with Crippen LogP contribution in [0.4, 0.5) is 5.69 Å². The Bertz CT molecular complexity index is 1320. The molecule has 0 N–H and O–H groups in total. The van der Waals surface area contributed by atoms with Crippen molar-refractivity contribution in [1.82, 2.24) is 4.57 Å². The van der Waals surface area contributed by atoms with Crippen LogP contribution in [0, 0.1) is 10.1 Å².